The van der Waals surface area contributed by atoms with Gasteiger partial charge in [0.25, 0.3) is 5.69 Å². The summed E-state index contributed by atoms with van der Waals surface area (Å²) in [5.41, 5.74) is 2.72. The Labute approximate surface area is 272 Å². The van der Waals surface area contributed by atoms with Gasteiger partial charge in [0.05, 0.1) is 29.9 Å². The van der Waals surface area contributed by atoms with E-state index < -0.39 is 16.1 Å². The summed E-state index contributed by atoms with van der Waals surface area (Å²) in [5, 5.41) is 11.3. The van der Waals surface area contributed by atoms with E-state index in [1.807, 2.05) is 60.7 Å². The number of benzene rings is 4. The predicted octanol–water partition coefficient (Wildman–Crippen LogP) is 7.40. The molecule has 1 spiro atoms. The van der Waals surface area contributed by atoms with Crippen molar-refractivity contribution in [3.8, 4) is 11.5 Å². The number of nitro groups is 1. The number of ketones is 1. The van der Waals surface area contributed by atoms with Crippen molar-refractivity contribution >= 4 is 35.3 Å². The molecule has 0 aliphatic carbocycles. The number of allylic oxidation sites excluding steroid dienone is 1. The molecule has 4 aromatic rings. The van der Waals surface area contributed by atoms with Crippen LogP contribution in [0.1, 0.15) is 47.3 Å². The Hall–Kier alpha value is -5.70. The van der Waals surface area contributed by atoms with E-state index in [0.29, 0.717) is 29.2 Å². The van der Waals surface area contributed by atoms with Crippen molar-refractivity contribution in [2.45, 2.75) is 31.4 Å². The first-order valence-electron chi connectivity index (χ1n) is 15.4. The number of rotatable bonds is 11. The highest BCUT2D eigenvalue weighted by molar-refractivity contribution is 6.06. The third kappa shape index (κ3) is 6.24. The molecule has 4 aromatic carbocycles. The van der Waals surface area contributed by atoms with Crippen molar-refractivity contribution < 1.29 is 28.7 Å². The Morgan fingerprint density at radius 2 is 1.68 bits per heavy atom. The summed E-state index contributed by atoms with van der Waals surface area (Å²) in [6, 6.07) is 28.9. The molecule has 2 aliphatic rings. The largest absolute Gasteiger partial charge is 0.493 e. The lowest BCUT2D eigenvalue weighted by Gasteiger charge is -2.47. The SMILES string of the molecule is CC1(C)c2ccccc2N(CCOC(=O)CCOc2ccc(/C=C/C(=O)c3ccccc3)cc2)C12C=Cc1cc([N+](=O)[O-])ccc1O2. The highest BCUT2D eigenvalue weighted by atomic mass is 16.6. The zero-order valence-electron chi connectivity index (χ0n) is 26.1. The van der Waals surface area contributed by atoms with Gasteiger partial charge in [-0.2, -0.15) is 0 Å². The van der Waals surface area contributed by atoms with E-state index in [4.69, 9.17) is 14.2 Å². The summed E-state index contributed by atoms with van der Waals surface area (Å²) in [4.78, 5) is 37.9. The molecule has 2 heterocycles. The summed E-state index contributed by atoms with van der Waals surface area (Å²) in [6.07, 6.45) is 7.16. The molecule has 9 nitrogen and oxygen atoms in total. The number of anilines is 1. The second-order valence-electron chi connectivity index (χ2n) is 11.9. The van der Waals surface area contributed by atoms with Crippen molar-refractivity contribution in [3.63, 3.8) is 0 Å². The molecule has 2 aliphatic heterocycles. The number of hydrogen-bond donors (Lipinski definition) is 0. The third-order valence-corrected chi connectivity index (χ3v) is 8.64. The minimum Gasteiger partial charge on any atom is -0.493 e. The molecule has 0 bridgehead atoms. The molecule has 0 aromatic heterocycles. The first-order valence-corrected chi connectivity index (χ1v) is 15.4. The summed E-state index contributed by atoms with van der Waals surface area (Å²) >= 11 is 0. The fourth-order valence-corrected chi connectivity index (χ4v) is 6.11. The number of nitrogens with zero attached hydrogens (tertiary/aromatic N) is 2. The van der Waals surface area contributed by atoms with Gasteiger partial charge in [0.1, 0.15) is 18.1 Å². The monoisotopic (exact) mass is 630 g/mol. The maximum absolute atomic E-state index is 12.7. The lowest BCUT2D eigenvalue weighted by molar-refractivity contribution is -0.384. The number of hydrogen-bond acceptors (Lipinski definition) is 8. The summed E-state index contributed by atoms with van der Waals surface area (Å²) in [7, 11) is 0. The average Bonchev–Trinajstić information content (AvgIpc) is 3.26. The molecule has 6 rings (SSSR count). The second-order valence-corrected chi connectivity index (χ2v) is 11.9. The smallest absolute Gasteiger partial charge is 0.309 e. The molecular weight excluding hydrogens is 596 g/mol. The summed E-state index contributed by atoms with van der Waals surface area (Å²) in [5.74, 6) is 0.693. The number of ether oxygens (including phenoxy) is 3. The molecule has 0 fully saturated rings. The number of nitro benzene ring substituents is 1. The lowest BCUT2D eigenvalue weighted by Crippen LogP contribution is -2.60. The zero-order valence-corrected chi connectivity index (χ0v) is 26.1. The van der Waals surface area contributed by atoms with E-state index in [-0.39, 0.29) is 37.1 Å². The first-order chi connectivity index (χ1) is 22.7. The van der Waals surface area contributed by atoms with Crippen LogP contribution in [-0.4, -0.2) is 42.2 Å². The van der Waals surface area contributed by atoms with Crippen LogP contribution in [-0.2, 0) is 14.9 Å². The predicted molar refractivity (Wildman–Crippen MR) is 180 cm³/mol. The molecular formula is C38H34N2O7. The Morgan fingerprint density at radius 1 is 0.936 bits per heavy atom. The van der Waals surface area contributed by atoms with Gasteiger partial charge in [0.15, 0.2) is 5.78 Å². The van der Waals surface area contributed by atoms with Gasteiger partial charge in [-0.3, -0.25) is 19.7 Å². The molecule has 0 amide bonds. The highest BCUT2D eigenvalue weighted by Crippen LogP contribution is 2.54. The average molecular weight is 631 g/mol. The lowest BCUT2D eigenvalue weighted by atomic mass is 9.76. The quantitative estimate of drug-likeness (QED) is 0.0555. The fraction of sp³-hybridized carbons (Fsp3) is 0.211. The van der Waals surface area contributed by atoms with E-state index in [1.165, 1.54) is 18.2 Å². The minimum atomic E-state index is -0.939. The molecule has 47 heavy (non-hydrogen) atoms. The van der Waals surface area contributed by atoms with Crippen LogP contribution in [0.5, 0.6) is 11.5 Å². The molecule has 0 radical (unpaired) electrons. The number of fused-ring (bicyclic) bond motifs is 2. The van der Waals surface area contributed by atoms with Crippen LogP contribution in [0.3, 0.4) is 0 Å². The Kier molecular flexibility index (Phi) is 8.63. The molecule has 0 N–H and O–H groups in total. The van der Waals surface area contributed by atoms with Gasteiger partial charge in [0, 0.05) is 28.9 Å². The van der Waals surface area contributed by atoms with Gasteiger partial charge in [0.2, 0.25) is 5.72 Å². The second kappa shape index (κ2) is 13.0. The van der Waals surface area contributed by atoms with Crippen LogP contribution in [0.15, 0.2) is 109 Å². The highest BCUT2D eigenvalue weighted by Gasteiger charge is 2.58. The van der Waals surface area contributed by atoms with Crippen molar-refractivity contribution in [2.75, 3.05) is 24.7 Å². The summed E-state index contributed by atoms with van der Waals surface area (Å²) in [6.45, 7) is 4.84. The number of carbonyl (C=O) groups is 2. The van der Waals surface area contributed by atoms with E-state index in [2.05, 4.69) is 24.8 Å². The third-order valence-electron chi connectivity index (χ3n) is 8.64. The van der Waals surface area contributed by atoms with Crippen LogP contribution in [0.2, 0.25) is 0 Å². The fourth-order valence-electron chi connectivity index (χ4n) is 6.11. The maximum Gasteiger partial charge on any atom is 0.309 e. The van der Waals surface area contributed by atoms with E-state index in [9.17, 15) is 19.7 Å². The van der Waals surface area contributed by atoms with Gasteiger partial charge in [-0.1, -0.05) is 66.7 Å². The van der Waals surface area contributed by atoms with Crippen molar-refractivity contribution in [1.82, 2.24) is 0 Å². The Balaban J connectivity index is 1.04. The van der Waals surface area contributed by atoms with Gasteiger partial charge in [-0.05, 0) is 67.5 Å². The molecule has 0 saturated carbocycles. The van der Waals surface area contributed by atoms with E-state index in [1.54, 1.807) is 36.4 Å². The van der Waals surface area contributed by atoms with E-state index in [0.717, 1.165) is 16.8 Å². The van der Waals surface area contributed by atoms with Crippen molar-refractivity contribution in [3.05, 3.63) is 142 Å². The Bertz CT molecular complexity index is 1860. The van der Waals surface area contributed by atoms with Crippen LogP contribution in [0.4, 0.5) is 11.4 Å². The number of carbonyl (C=O) groups excluding carboxylic acids is 2. The molecule has 0 saturated heterocycles. The normalized spacial score (nSPS) is 17.2. The van der Waals surface area contributed by atoms with Gasteiger partial charge in [-0.25, -0.2) is 0 Å². The molecule has 1 atom stereocenters. The maximum atomic E-state index is 12.7. The van der Waals surface area contributed by atoms with Crippen molar-refractivity contribution in [2.24, 2.45) is 0 Å². The number of non-ortho nitro benzene ring substituents is 1. The van der Waals surface area contributed by atoms with Gasteiger partial charge < -0.3 is 19.1 Å². The number of para-hydroxylation sites is 1. The van der Waals surface area contributed by atoms with Gasteiger partial charge in [-0.15, -0.1) is 0 Å². The standard InChI is InChI=1S/C38H34N2O7/c1-37(2)32-10-6-7-11-33(32)39(38(37)22-20-29-26-30(40(43)44)15-19-35(29)47-38)23-25-46-36(42)21-24-45-31-16-12-27(13-17-31)14-18-34(41)28-8-4-3-5-9-28/h3-20,22,26H,21,23-25H2,1-2H3/b18-14+. The van der Waals surface area contributed by atoms with Crippen LogP contribution in [0, 0.1) is 10.1 Å². The van der Waals surface area contributed by atoms with E-state index >= 15 is 0 Å². The molecule has 1 unspecified atom stereocenters. The number of esters is 1. The van der Waals surface area contributed by atoms with Crippen LogP contribution in [0.25, 0.3) is 12.2 Å². The van der Waals surface area contributed by atoms with Crippen LogP contribution < -0.4 is 14.4 Å². The molecule has 9 heteroatoms. The Morgan fingerprint density at radius 3 is 2.45 bits per heavy atom. The van der Waals surface area contributed by atoms with Gasteiger partial charge >= 0.3 is 5.97 Å². The molecule has 238 valence electrons. The minimum absolute atomic E-state index is 0.00365. The van der Waals surface area contributed by atoms with Crippen LogP contribution >= 0.6 is 0 Å². The van der Waals surface area contributed by atoms with Crippen molar-refractivity contribution in [1.29, 1.82) is 0 Å². The zero-order chi connectivity index (χ0) is 33.0. The first kappa shape index (κ1) is 31.3. The summed E-state index contributed by atoms with van der Waals surface area (Å²) < 4.78 is 18.1. The topological polar surface area (TPSA) is 108 Å².